The Bertz CT molecular complexity index is 456. The minimum Gasteiger partial charge on any atom is -0.507 e. The SMILES string of the molecule is CCCCCCC/C(C)=N/NC(=O)c1ccccc1O. The maximum absolute atomic E-state index is 11.8. The number of rotatable bonds is 8. The molecule has 0 aliphatic heterocycles. The third-order valence-corrected chi connectivity index (χ3v) is 3.14. The summed E-state index contributed by atoms with van der Waals surface area (Å²) >= 11 is 0. The van der Waals surface area contributed by atoms with E-state index in [1.807, 2.05) is 6.92 Å². The van der Waals surface area contributed by atoms with Gasteiger partial charge in [-0.3, -0.25) is 4.79 Å². The zero-order valence-electron chi connectivity index (χ0n) is 12.4. The van der Waals surface area contributed by atoms with Crippen molar-refractivity contribution in [1.29, 1.82) is 0 Å². The van der Waals surface area contributed by atoms with E-state index in [1.54, 1.807) is 18.2 Å². The molecule has 20 heavy (non-hydrogen) atoms. The molecule has 0 aromatic heterocycles. The predicted molar refractivity (Wildman–Crippen MR) is 82.1 cm³/mol. The minimum atomic E-state index is -0.381. The van der Waals surface area contributed by atoms with E-state index in [2.05, 4.69) is 17.5 Å². The molecule has 0 spiro atoms. The van der Waals surface area contributed by atoms with Crippen LogP contribution in [0, 0.1) is 0 Å². The zero-order valence-corrected chi connectivity index (χ0v) is 12.4. The van der Waals surface area contributed by atoms with Crippen molar-refractivity contribution in [3.05, 3.63) is 29.8 Å². The first kappa shape index (κ1) is 16.2. The Morgan fingerprint density at radius 1 is 1.20 bits per heavy atom. The second-order valence-electron chi connectivity index (χ2n) is 4.97. The summed E-state index contributed by atoms with van der Waals surface area (Å²) in [5.41, 5.74) is 3.63. The van der Waals surface area contributed by atoms with Gasteiger partial charge in [-0.15, -0.1) is 0 Å². The van der Waals surface area contributed by atoms with Gasteiger partial charge in [-0.25, -0.2) is 5.43 Å². The fourth-order valence-corrected chi connectivity index (χ4v) is 1.91. The lowest BCUT2D eigenvalue weighted by Crippen LogP contribution is -2.19. The Morgan fingerprint density at radius 3 is 2.60 bits per heavy atom. The number of carbonyl (C=O) groups is 1. The topological polar surface area (TPSA) is 61.7 Å². The third-order valence-electron chi connectivity index (χ3n) is 3.14. The zero-order chi connectivity index (χ0) is 14.8. The first-order valence-corrected chi connectivity index (χ1v) is 7.26. The summed E-state index contributed by atoms with van der Waals surface area (Å²) in [6, 6.07) is 6.44. The summed E-state index contributed by atoms with van der Waals surface area (Å²) in [7, 11) is 0. The van der Waals surface area contributed by atoms with E-state index in [4.69, 9.17) is 0 Å². The number of carbonyl (C=O) groups excluding carboxylic acids is 1. The number of hydrazone groups is 1. The molecule has 2 N–H and O–H groups in total. The predicted octanol–water partition coefficient (Wildman–Crippen LogP) is 3.86. The Labute approximate surface area is 120 Å². The molecule has 0 fully saturated rings. The van der Waals surface area contributed by atoms with Crippen molar-refractivity contribution < 1.29 is 9.90 Å². The van der Waals surface area contributed by atoms with Crippen LogP contribution in [-0.4, -0.2) is 16.7 Å². The molecule has 0 saturated carbocycles. The maximum Gasteiger partial charge on any atom is 0.275 e. The van der Waals surface area contributed by atoms with Gasteiger partial charge in [0.1, 0.15) is 5.75 Å². The molecule has 0 bridgehead atoms. The Balaban J connectivity index is 2.35. The quantitative estimate of drug-likeness (QED) is 0.430. The Kier molecular flexibility index (Phi) is 7.40. The van der Waals surface area contributed by atoms with Crippen LogP contribution in [-0.2, 0) is 0 Å². The van der Waals surface area contributed by atoms with Crippen LogP contribution >= 0.6 is 0 Å². The van der Waals surface area contributed by atoms with Crippen LogP contribution in [0.5, 0.6) is 5.75 Å². The molecule has 0 atom stereocenters. The Morgan fingerprint density at radius 2 is 1.90 bits per heavy atom. The van der Waals surface area contributed by atoms with Gasteiger partial charge >= 0.3 is 0 Å². The molecular formula is C16H24N2O2. The summed E-state index contributed by atoms with van der Waals surface area (Å²) in [5.74, 6) is -0.411. The van der Waals surface area contributed by atoms with Gasteiger partial charge in [-0.1, -0.05) is 44.7 Å². The van der Waals surface area contributed by atoms with E-state index in [0.717, 1.165) is 18.6 Å². The van der Waals surface area contributed by atoms with Crippen LogP contribution in [0.2, 0.25) is 0 Å². The van der Waals surface area contributed by atoms with Crippen molar-refractivity contribution in [3.63, 3.8) is 0 Å². The first-order valence-electron chi connectivity index (χ1n) is 7.26. The number of nitrogens with zero attached hydrogens (tertiary/aromatic N) is 1. The van der Waals surface area contributed by atoms with Gasteiger partial charge in [0.25, 0.3) is 5.91 Å². The summed E-state index contributed by atoms with van der Waals surface area (Å²) in [5, 5.41) is 13.6. The normalized spacial score (nSPS) is 11.4. The molecule has 110 valence electrons. The highest BCUT2D eigenvalue weighted by Gasteiger charge is 2.08. The molecule has 4 nitrogen and oxygen atoms in total. The molecule has 4 heteroatoms. The summed E-state index contributed by atoms with van der Waals surface area (Å²) < 4.78 is 0. The van der Waals surface area contributed by atoms with Crippen LogP contribution in [0.4, 0.5) is 0 Å². The van der Waals surface area contributed by atoms with E-state index >= 15 is 0 Å². The number of hydrogen-bond acceptors (Lipinski definition) is 3. The summed E-state index contributed by atoms with van der Waals surface area (Å²) in [4.78, 5) is 11.8. The molecule has 0 heterocycles. The molecule has 1 aromatic carbocycles. The third kappa shape index (κ3) is 5.87. The lowest BCUT2D eigenvalue weighted by atomic mass is 10.1. The lowest BCUT2D eigenvalue weighted by molar-refractivity contribution is 0.0952. The van der Waals surface area contributed by atoms with Gasteiger partial charge in [0, 0.05) is 5.71 Å². The molecule has 0 unspecified atom stereocenters. The molecule has 0 aliphatic carbocycles. The monoisotopic (exact) mass is 276 g/mol. The maximum atomic E-state index is 11.8. The molecule has 1 amide bonds. The highest BCUT2D eigenvalue weighted by Crippen LogP contribution is 2.15. The number of amides is 1. The van der Waals surface area contributed by atoms with Crippen LogP contribution in [0.25, 0.3) is 0 Å². The van der Waals surface area contributed by atoms with E-state index in [0.29, 0.717) is 0 Å². The number of para-hydroxylation sites is 1. The van der Waals surface area contributed by atoms with Crippen LogP contribution in [0.3, 0.4) is 0 Å². The van der Waals surface area contributed by atoms with E-state index < -0.39 is 0 Å². The fourth-order valence-electron chi connectivity index (χ4n) is 1.91. The molecule has 0 radical (unpaired) electrons. The number of phenols is 1. The molecule has 1 aromatic rings. The number of hydrogen-bond donors (Lipinski definition) is 2. The lowest BCUT2D eigenvalue weighted by Gasteiger charge is -2.04. The van der Waals surface area contributed by atoms with Crippen molar-refractivity contribution in [2.75, 3.05) is 0 Å². The fraction of sp³-hybridized carbons (Fsp3) is 0.500. The van der Waals surface area contributed by atoms with Gasteiger partial charge in [0.2, 0.25) is 0 Å². The van der Waals surface area contributed by atoms with Gasteiger partial charge in [-0.2, -0.15) is 5.10 Å². The van der Waals surface area contributed by atoms with Gasteiger partial charge in [0.15, 0.2) is 0 Å². The highest BCUT2D eigenvalue weighted by molar-refractivity contribution is 5.97. The van der Waals surface area contributed by atoms with Gasteiger partial charge in [0.05, 0.1) is 5.56 Å². The van der Waals surface area contributed by atoms with Crippen molar-refractivity contribution in [2.24, 2.45) is 5.10 Å². The molecule has 1 rings (SSSR count). The standard InChI is InChI=1S/C16H24N2O2/c1-3-4-5-6-7-10-13(2)17-18-16(20)14-11-8-9-12-15(14)19/h8-9,11-12,19H,3-7,10H2,1-2H3,(H,18,20)/b17-13+. The van der Waals surface area contributed by atoms with E-state index in [1.165, 1.54) is 31.7 Å². The largest absolute Gasteiger partial charge is 0.507 e. The second-order valence-corrected chi connectivity index (χ2v) is 4.97. The van der Waals surface area contributed by atoms with Crippen LogP contribution in [0.1, 0.15) is 62.7 Å². The van der Waals surface area contributed by atoms with Crippen molar-refractivity contribution >= 4 is 11.6 Å². The second kappa shape index (κ2) is 9.13. The number of nitrogens with one attached hydrogen (secondary N) is 1. The van der Waals surface area contributed by atoms with Gasteiger partial charge in [-0.05, 0) is 31.9 Å². The van der Waals surface area contributed by atoms with Crippen molar-refractivity contribution in [2.45, 2.75) is 52.4 Å². The average molecular weight is 276 g/mol. The number of aromatic hydroxyl groups is 1. The first-order chi connectivity index (χ1) is 9.65. The minimum absolute atomic E-state index is 0.0302. The van der Waals surface area contributed by atoms with Crippen molar-refractivity contribution in [1.82, 2.24) is 5.43 Å². The smallest absolute Gasteiger partial charge is 0.275 e. The summed E-state index contributed by atoms with van der Waals surface area (Å²) in [6.07, 6.45) is 6.97. The number of unbranched alkanes of at least 4 members (excludes halogenated alkanes) is 4. The summed E-state index contributed by atoms with van der Waals surface area (Å²) in [6.45, 7) is 4.10. The van der Waals surface area contributed by atoms with Crippen LogP contribution < -0.4 is 5.43 Å². The van der Waals surface area contributed by atoms with Crippen molar-refractivity contribution in [3.8, 4) is 5.75 Å². The number of phenolic OH excluding ortho intramolecular Hbond substituents is 1. The number of benzene rings is 1. The van der Waals surface area contributed by atoms with Gasteiger partial charge < -0.3 is 5.11 Å². The van der Waals surface area contributed by atoms with E-state index in [-0.39, 0.29) is 17.2 Å². The average Bonchev–Trinajstić information content (AvgIpc) is 2.45. The Hall–Kier alpha value is -1.84. The highest BCUT2D eigenvalue weighted by atomic mass is 16.3. The van der Waals surface area contributed by atoms with E-state index in [9.17, 15) is 9.90 Å². The molecule has 0 saturated heterocycles. The van der Waals surface area contributed by atoms with Crippen LogP contribution in [0.15, 0.2) is 29.4 Å². The molecular weight excluding hydrogens is 252 g/mol. The molecule has 0 aliphatic rings.